The Kier molecular flexibility index (Phi) is 4.41. The lowest BCUT2D eigenvalue weighted by Gasteiger charge is -2.19. The normalized spacial score (nSPS) is 23.2. The Labute approximate surface area is 153 Å². The standard InChI is InChI=1S/C19H17F3N2O3/c1-2-26-13-6-3-9(8-23-13)16(18(21)22)24-19(25)15-14-11-7-10(20)4-5-12(11)27-17(14)15/h3-8,14-18H,2H2,1H3,(H,24,25)/t14?,15?,16-,17?/m1/s1. The number of nitrogens with one attached hydrogen (secondary N) is 1. The Morgan fingerprint density at radius 3 is 2.81 bits per heavy atom. The molecule has 4 rings (SSSR count). The lowest BCUT2D eigenvalue weighted by atomic mass is 10.1. The molecular formula is C19H17F3N2O3. The van der Waals surface area contributed by atoms with Crippen molar-refractivity contribution in [3.63, 3.8) is 0 Å². The van der Waals surface area contributed by atoms with Crippen molar-refractivity contribution in [2.24, 2.45) is 5.92 Å². The van der Waals surface area contributed by atoms with Gasteiger partial charge in [-0.3, -0.25) is 4.79 Å². The van der Waals surface area contributed by atoms with Crippen LogP contribution in [0.1, 0.15) is 30.0 Å². The molecule has 27 heavy (non-hydrogen) atoms. The zero-order valence-corrected chi connectivity index (χ0v) is 14.4. The van der Waals surface area contributed by atoms with Crippen LogP contribution >= 0.6 is 0 Å². The van der Waals surface area contributed by atoms with Crippen LogP contribution in [-0.2, 0) is 4.79 Å². The number of carbonyl (C=O) groups is 1. The highest BCUT2D eigenvalue weighted by Crippen LogP contribution is 2.58. The summed E-state index contributed by atoms with van der Waals surface area (Å²) >= 11 is 0. The number of halogens is 3. The van der Waals surface area contributed by atoms with Crippen LogP contribution in [0.25, 0.3) is 0 Å². The number of amides is 1. The van der Waals surface area contributed by atoms with Gasteiger partial charge in [-0.2, -0.15) is 0 Å². The number of alkyl halides is 2. The van der Waals surface area contributed by atoms with Crippen molar-refractivity contribution >= 4 is 5.91 Å². The lowest BCUT2D eigenvalue weighted by Crippen LogP contribution is -2.35. The van der Waals surface area contributed by atoms with Gasteiger partial charge in [0.15, 0.2) is 0 Å². The van der Waals surface area contributed by atoms with Gasteiger partial charge in [0.1, 0.15) is 23.7 Å². The summed E-state index contributed by atoms with van der Waals surface area (Å²) in [7, 11) is 0. The van der Waals surface area contributed by atoms with Gasteiger partial charge in [0, 0.05) is 23.7 Å². The number of aromatic nitrogens is 1. The van der Waals surface area contributed by atoms with E-state index in [1.165, 1.54) is 36.5 Å². The first-order valence-electron chi connectivity index (χ1n) is 8.63. The molecular weight excluding hydrogens is 361 g/mol. The van der Waals surface area contributed by atoms with Gasteiger partial charge in [-0.25, -0.2) is 18.2 Å². The molecule has 142 valence electrons. The first-order chi connectivity index (χ1) is 13.0. The summed E-state index contributed by atoms with van der Waals surface area (Å²) in [4.78, 5) is 16.5. The van der Waals surface area contributed by atoms with E-state index in [4.69, 9.17) is 9.47 Å². The number of fused-ring (bicyclic) bond motifs is 3. The van der Waals surface area contributed by atoms with E-state index in [2.05, 4.69) is 10.3 Å². The van der Waals surface area contributed by atoms with Crippen molar-refractivity contribution in [1.82, 2.24) is 10.3 Å². The van der Waals surface area contributed by atoms with E-state index in [-0.39, 0.29) is 11.5 Å². The Morgan fingerprint density at radius 2 is 2.15 bits per heavy atom. The topological polar surface area (TPSA) is 60.5 Å². The van der Waals surface area contributed by atoms with Crippen LogP contribution in [0.3, 0.4) is 0 Å². The minimum Gasteiger partial charge on any atom is -0.489 e. The summed E-state index contributed by atoms with van der Waals surface area (Å²) < 4.78 is 51.3. The molecule has 1 aromatic heterocycles. The highest BCUT2D eigenvalue weighted by molar-refractivity contribution is 5.86. The number of benzene rings is 1. The van der Waals surface area contributed by atoms with E-state index in [1.54, 1.807) is 6.92 Å². The maximum atomic E-state index is 13.5. The summed E-state index contributed by atoms with van der Waals surface area (Å²) in [6.07, 6.45) is -1.98. The van der Waals surface area contributed by atoms with Crippen molar-refractivity contribution in [2.75, 3.05) is 6.61 Å². The fraction of sp³-hybridized carbons (Fsp3) is 0.368. The number of rotatable bonds is 6. The average Bonchev–Trinajstić information content (AvgIpc) is 3.24. The number of pyridine rings is 1. The molecule has 5 nitrogen and oxygen atoms in total. The van der Waals surface area contributed by atoms with Gasteiger partial charge in [-0.1, -0.05) is 0 Å². The third-order valence-electron chi connectivity index (χ3n) is 4.81. The number of nitrogens with zero attached hydrogens (tertiary/aromatic N) is 1. The molecule has 2 aliphatic rings. The third-order valence-corrected chi connectivity index (χ3v) is 4.81. The summed E-state index contributed by atoms with van der Waals surface area (Å²) in [6, 6.07) is 5.56. The molecule has 2 heterocycles. The van der Waals surface area contributed by atoms with Crippen LogP contribution in [0.5, 0.6) is 11.6 Å². The van der Waals surface area contributed by atoms with Crippen LogP contribution in [0.15, 0.2) is 36.5 Å². The number of hydrogen-bond acceptors (Lipinski definition) is 4. The molecule has 0 spiro atoms. The van der Waals surface area contributed by atoms with Crippen LogP contribution < -0.4 is 14.8 Å². The Bertz CT molecular complexity index is 860. The Morgan fingerprint density at radius 1 is 1.33 bits per heavy atom. The zero-order valence-electron chi connectivity index (χ0n) is 14.4. The molecule has 1 N–H and O–H groups in total. The van der Waals surface area contributed by atoms with Gasteiger partial charge < -0.3 is 14.8 Å². The second-order valence-corrected chi connectivity index (χ2v) is 6.50. The molecule has 0 bridgehead atoms. The maximum absolute atomic E-state index is 13.5. The number of hydrogen-bond donors (Lipinski definition) is 1. The van der Waals surface area contributed by atoms with E-state index < -0.39 is 36.2 Å². The monoisotopic (exact) mass is 378 g/mol. The van der Waals surface area contributed by atoms with Gasteiger partial charge in [-0.05, 0) is 36.8 Å². The molecule has 1 fully saturated rings. The fourth-order valence-corrected chi connectivity index (χ4v) is 3.50. The molecule has 2 aromatic rings. The molecule has 1 amide bonds. The van der Waals surface area contributed by atoms with Crippen LogP contribution in [0.4, 0.5) is 13.2 Å². The van der Waals surface area contributed by atoms with E-state index in [0.717, 1.165) is 0 Å². The second-order valence-electron chi connectivity index (χ2n) is 6.50. The van der Waals surface area contributed by atoms with Crippen molar-refractivity contribution in [3.8, 4) is 11.6 Å². The van der Waals surface area contributed by atoms with Crippen molar-refractivity contribution in [2.45, 2.75) is 31.4 Å². The van der Waals surface area contributed by atoms with Gasteiger partial charge in [0.2, 0.25) is 11.8 Å². The first-order valence-corrected chi connectivity index (χ1v) is 8.63. The van der Waals surface area contributed by atoms with E-state index >= 15 is 0 Å². The highest BCUT2D eigenvalue weighted by Gasteiger charge is 2.62. The average molecular weight is 378 g/mol. The SMILES string of the molecule is CCOc1ccc([C@@H](NC(=O)C2C3Oc4ccc(F)cc4C32)C(F)F)cn1. The molecule has 4 atom stereocenters. The molecule has 1 aliphatic carbocycles. The predicted octanol–water partition coefficient (Wildman–Crippen LogP) is 3.22. The van der Waals surface area contributed by atoms with Crippen LogP contribution in [-0.4, -0.2) is 30.0 Å². The molecule has 1 aliphatic heterocycles. The molecule has 0 radical (unpaired) electrons. The molecule has 3 unspecified atom stereocenters. The molecule has 1 aromatic carbocycles. The molecule has 8 heteroatoms. The lowest BCUT2D eigenvalue weighted by molar-refractivity contribution is -0.125. The van der Waals surface area contributed by atoms with Crippen molar-refractivity contribution < 1.29 is 27.4 Å². The number of carbonyl (C=O) groups excluding carboxylic acids is 1. The van der Waals surface area contributed by atoms with Crippen LogP contribution in [0, 0.1) is 11.7 Å². The van der Waals surface area contributed by atoms with E-state index in [9.17, 15) is 18.0 Å². The maximum Gasteiger partial charge on any atom is 0.262 e. The minimum absolute atomic E-state index is 0.181. The predicted molar refractivity (Wildman–Crippen MR) is 89.3 cm³/mol. The summed E-state index contributed by atoms with van der Waals surface area (Å²) in [5.41, 5.74) is 0.788. The largest absolute Gasteiger partial charge is 0.489 e. The van der Waals surface area contributed by atoms with Gasteiger partial charge in [0.05, 0.1) is 12.5 Å². The fourth-order valence-electron chi connectivity index (χ4n) is 3.50. The van der Waals surface area contributed by atoms with Crippen molar-refractivity contribution in [1.29, 1.82) is 0 Å². The third kappa shape index (κ3) is 3.20. The zero-order chi connectivity index (χ0) is 19.1. The number of ether oxygens (including phenoxy) is 2. The summed E-state index contributed by atoms with van der Waals surface area (Å²) in [5.74, 6) is -1.00. The highest BCUT2D eigenvalue weighted by atomic mass is 19.3. The smallest absolute Gasteiger partial charge is 0.262 e. The summed E-state index contributed by atoms with van der Waals surface area (Å²) in [6.45, 7) is 2.20. The van der Waals surface area contributed by atoms with Crippen molar-refractivity contribution in [3.05, 3.63) is 53.5 Å². The second kappa shape index (κ2) is 6.75. The van der Waals surface area contributed by atoms with Gasteiger partial charge in [-0.15, -0.1) is 0 Å². The minimum atomic E-state index is -2.81. The Balaban J connectivity index is 1.46. The van der Waals surface area contributed by atoms with Crippen LogP contribution in [0.2, 0.25) is 0 Å². The van der Waals surface area contributed by atoms with Gasteiger partial charge >= 0.3 is 0 Å². The van der Waals surface area contributed by atoms with E-state index in [1.807, 2.05) is 0 Å². The molecule has 1 saturated carbocycles. The summed E-state index contributed by atoms with van der Waals surface area (Å²) in [5, 5.41) is 2.38. The Hall–Kier alpha value is -2.77. The quantitative estimate of drug-likeness (QED) is 0.839. The van der Waals surface area contributed by atoms with E-state index in [0.29, 0.717) is 23.8 Å². The van der Waals surface area contributed by atoms with Gasteiger partial charge in [0.25, 0.3) is 6.43 Å². The molecule has 0 saturated heterocycles. The first kappa shape index (κ1) is 17.6.